The molecule has 0 saturated heterocycles. The summed E-state index contributed by atoms with van der Waals surface area (Å²) in [4.78, 5) is 11.7. The standard InChI is InChI=1S/C16H21BFNO4/c18-13-7-10-6-9(2-1-5-17(22)23)14(15(20)21)11(10)8-12(13)16(19)3-4-16/h7-9,14,22-23H,1-6,19H2,(H,20,21)/t9-,14-/m0/s1. The van der Waals surface area contributed by atoms with Crippen molar-refractivity contribution in [1.29, 1.82) is 0 Å². The second kappa shape index (κ2) is 5.89. The molecule has 1 aromatic rings. The summed E-state index contributed by atoms with van der Waals surface area (Å²) in [5.74, 6) is -2.09. The summed E-state index contributed by atoms with van der Waals surface area (Å²) < 4.78 is 14.3. The molecule has 7 heteroatoms. The number of hydrogen-bond acceptors (Lipinski definition) is 4. The van der Waals surface area contributed by atoms with Gasteiger partial charge in [-0.2, -0.15) is 0 Å². The van der Waals surface area contributed by atoms with Gasteiger partial charge in [-0.25, -0.2) is 4.39 Å². The highest BCUT2D eigenvalue weighted by Crippen LogP contribution is 2.48. The van der Waals surface area contributed by atoms with Gasteiger partial charge in [-0.1, -0.05) is 6.42 Å². The van der Waals surface area contributed by atoms with Crippen molar-refractivity contribution in [2.24, 2.45) is 11.7 Å². The first-order chi connectivity index (χ1) is 10.8. The van der Waals surface area contributed by atoms with E-state index in [0.717, 1.165) is 18.4 Å². The molecular weight excluding hydrogens is 300 g/mol. The van der Waals surface area contributed by atoms with Crippen LogP contribution in [0.3, 0.4) is 0 Å². The molecule has 0 amide bonds. The Morgan fingerprint density at radius 2 is 2.09 bits per heavy atom. The molecule has 124 valence electrons. The molecule has 23 heavy (non-hydrogen) atoms. The van der Waals surface area contributed by atoms with E-state index in [0.29, 0.717) is 30.4 Å². The van der Waals surface area contributed by atoms with Crippen LogP contribution in [-0.4, -0.2) is 28.2 Å². The molecule has 0 radical (unpaired) electrons. The summed E-state index contributed by atoms with van der Waals surface area (Å²) in [6.07, 6.45) is 3.24. The van der Waals surface area contributed by atoms with E-state index in [1.54, 1.807) is 6.07 Å². The number of fused-ring (bicyclic) bond motifs is 1. The van der Waals surface area contributed by atoms with E-state index < -0.39 is 24.5 Å². The van der Waals surface area contributed by atoms with E-state index >= 15 is 0 Å². The predicted molar refractivity (Wildman–Crippen MR) is 83.3 cm³/mol. The lowest BCUT2D eigenvalue weighted by atomic mass is 9.80. The Bertz CT molecular complexity index is 633. The third-order valence-corrected chi connectivity index (χ3v) is 5.15. The fourth-order valence-electron chi connectivity index (χ4n) is 3.70. The maximum atomic E-state index is 14.3. The molecule has 0 unspecified atom stereocenters. The van der Waals surface area contributed by atoms with Crippen molar-refractivity contribution < 1.29 is 24.3 Å². The number of halogens is 1. The molecule has 1 aromatic carbocycles. The topological polar surface area (TPSA) is 104 Å². The van der Waals surface area contributed by atoms with Gasteiger partial charge in [0.15, 0.2) is 0 Å². The molecule has 0 bridgehead atoms. The summed E-state index contributed by atoms with van der Waals surface area (Å²) in [5, 5.41) is 27.4. The Morgan fingerprint density at radius 3 is 2.65 bits per heavy atom. The summed E-state index contributed by atoms with van der Waals surface area (Å²) in [6, 6.07) is 3.09. The zero-order valence-electron chi connectivity index (χ0n) is 12.8. The van der Waals surface area contributed by atoms with Gasteiger partial charge in [0.05, 0.1) is 5.92 Å². The molecular formula is C16H21BFNO4. The Kier molecular flexibility index (Phi) is 4.20. The molecule has 0 aromatic heterocycles. The summed E-state index contributed by atoms with van der Waals surface area (Å²) in [6.45, 7) is 0. The quantitative estimate of drug-likeness (QED) is 0.593. The normalized spacial score (nSPS) is 24.3. The lowest BCUT2D eigenvalue weighted by molar-refractivity contribution is -0.139. The van der Waals surface area contributed by atoms with Crippen LogP contribution in [0.25, 0.3) is 0 Å². The first kappa shape index (κ1) is 16.4. The summed E-state index contributed by atoms with van der Waals surface area (Å²) in [7, 11) is -1.38. The van der Waals surface area contributed by atoms with Gasteiger partial charge in [-0.15, -0.1) is 0 Å². The second-order valence-corrected chi connectivity index (χ2v) is 6.88. The molecule has 0 heterocycles. The molecule has 0 spiro atoms. The third kappa shape index (κ3) is 3.13. The van der Waals surface area contributed by atoms with Crippen LogP contribution in [-0.2, 0) is 16.8 Å². The van der Waals surface area contributed by atoms with Crippen LogP contribution in [0.1, 0.15) is 48.3 Å². The molecule has 2 atom stereocenters. The summed E-state index contributed by atoms with van der Waals surface area (Å²) in [5.41, 5.74) is 7.28. The highest BCUT2D eigenvalue weighted by Gasteiger charge is 2.45. The molecule has 5 N–H and O–H groups in total. The van der Waals surface area contributed by atoms with E-state index in [1.807, 2.05) is 0 Å². The van der Waals surface area contributed by atoms with E-state index in [1.165, 1.54) is 6.07 Å². The van der Waals surface area contributed by atoms with E-state index in [4.69, 9.17) is 15.8 Å². The van der Waals surface area contributed by atoms with E-state index in [-0.39, 0.29) is 18.1 Å². The number of carboxylic acid groups (broad SMARTS) is 1. The first-order valence-electron chi connectivity index (χ1n) is 8.02. The first-order valence-corrected chi connectivity index (χ1v) is 8.02. The van der Waals surface area contributed by atoms with Crippen LogP contribution in [0, 0.1) is 11.7 Å². The van der Waals surface area contributed by atoms with Crippen molar-refractivity contribution in [1.82, 2.24) is 0 Å². The van der Waals surface area contributed by atoms with Crippen molar-refractivity contribution in [3.8, 4) is 0 Å². The highest BCUT2D eigenvalue weighted by molar-refractivity contribution is 6.40. The lowest BCUT2D eigenvalue weighted by Gasteiger charge is -2.17. The maximum absolute atomic E-state index is 14.3. The maximum Gasteiger partial charge on any atom is 0.451 e. The molecule has 0 aliphatic heterocycles. The lowest BCUT2D eigenvalue weighted by Crippen LogP contribution is -2.22. The Hall–Kier alpha value is -1.44. The monoisotopic (exact) mass is 321 g/mol. The average molecular weight is 321 g/mol. The van der Waals surface area contributed by atoms with Crippen LogP contribution in [0.15, 0.2) is 12.1 Å². The molecule has 1 saturated carbocycles. The van der Waals surface area contributed by atoms with Gasteiger partial charge in [0.25, 0.3) is 0 Å². The summed E-state index contributed by atoms with van der Waals surface area (Å²) >= 11 is 0. The predicted octanol–water partition coefficient (Wildman–Crippen LogP) is 1.37. The number of carboxylic acids is 1. The Balaban J connectivity index is 1.86. The van der Waals surface area contributed by atoms with Gasteiger partial charge in [0.2, 0.25) is 0 Å². The Labute approximate surface area is 134 Å². The number of rotatable bonds is 6. The van der Waals surface area contributed by atoms with Crippen LogP contribution in [0.2, 0.25) is 6.32 Å². The fourth-order valence-corrected chi connectivity index (χ4v) is 3.70. The van der Waals surface area contributed by atoms with Gasteiger partial charge in [0.1, 0.15) is 5.82 Å². The van der Waals surface area contributed by atoms with Crippen LogP contribution >= 0.6 is 0 Å². The fraction of sp³-hybridized carbons (Fsp3) is 0.562. The van der Waals surface area contributed by atoms with E-state index in [2.05, 4.69) is 0 Å². The average Bonchev–Trinajstić information content (AvgIpc) is 3.08. The molecule has 5 nitrogen and oxygen atoms in total. The minimum atomic E-state index is -1.38. The van der Waals surface area contributed by atoms with Crippen molar-refractivity contribution in [2.75, 3.05) is 0 Å². The van der Waals surface area contributed by atoms with Gasteiger partial charge in [-0.3, -0.25) is 4.79 Å². The smallest absolute Gasteiger partial charge is 0.451 e. The third-order valence-electron chi connectivity index (χ3n) is 5.15. The minimum Gasteiger partial charge on any atom is -0.481 e. The van der Waals surface area contributed by atoms with Gasteiger partial charge >= 0.3 is 13.1 Å². The van der Waals surface area contributed by atoms with Gasteiger partial charge < -0.3 is 20.9 Å². The van der Waals surface area contributed by atoms with Crippen LogP contribution in [0.4, 0.5) is 4.39 Å². The van der Waals surface area contributed by atoms with Crippen molar-refractivity contribution in [3.05, 3.63) is 34.6 Å². The number of nitrogens with two attached hydrogens (primary N) is 1. The number of hydrogen-bond donors (Lipinski definition) is 4. The molecule has 2 aliphatic rings. The second-order valence-electron chi connectivity index (χ2n) is 6.88. The molecule has 2 aliphatic carbocycles. The van der Waals surface area contributed by atoms with Crippen LogP contribution in [0.5, 0.6) is 0 Å². The van der Waals surface area contributed by atoms with Crippen LogP contribution < -0.4 is 5.73 Å². The minimum absolute atomic E-state index is 0.149. The zero-order valence-corrected chi connectivity index (χ0v) is 12.8. The number of benzene rings is 1. The SMILES string of the molecule is NC1(c2cc3c(cc2F)C[C@H](CCCB(O)O)[C@@H]3C(=O)O)CC1. The zero-order chi connectivity index (χ0) is 16.8. The largest absolute Gasteiger partial charge is 0.481 e. The Morgan fingerprint density at radius 1 is 1.39 bits per heavy atom. The van der Waals surface area contributed by atoms with Gasteiger partial charge in [0, 0.05) is 11.1 Å². The van der Waals surface area contributed by atoms with Crippen molar-refractivity contribution in [2.45, 2.75) is 49.9 Å². The molecule has 1 fully saturated rings. The number of aliphatic carboxylic acids is 1. The van der Waals surface area contributed by atoms with E-state index in [9.17, 15) is 14.3 Å². The van der Waals surface area contributed by atoms with Crippen molar-refractivity contribution >= 4 is 13.1 Å². The highest BCUT2D eigenvalue weighted by atomic mass is 19.1. The molecule has 3 rings (SSSR count). The van der Waals surface area contributed by atoms with Crippen molar-refractivity contribution in [3.63, 3.8) is 0 Å². The number of carbonyl (C=O) groups is 1. The van der Waals surface area contributed by atoms with Gasteiger partial charge in [-0.05, 0) is 61.2 Å².